The Morgan fingerprint density at radius 1 is 1.42 bits per heavy atom. The van der Waals surface area contributed by atoms with Crippen molar-refractivity contribution in [2.75, 3.05) is 5.32 Å². The van der Waals surface area contributed by atoms with Crippen LogP contribution in [0.2, 0.25) is 0 Å². The highest BCUT2D eigenvalue weighted by atomic mass is 32.1. The number of thiophene rings is 1. The Bertz CT molecular complexity index is 762. The quantitative estimate of drug-likeness (QED) is 0.753. The number of rotatable bonds is 2. The van der Waals surface area contributed by atoms with Gasteiger partial charge in [0.05, 0.1) is 4.88 Å². The summed E-state index contributed by atoms with van der Waals surface area (Å²) in [6.45, 7) is 1.84. The van der Waals surface area contributed by atoms with E-state index in [4.69, 9.17) is 0 Å². The van der Waals surface area contributed by atoms with Crippen LogP contribution in [-0.4, -0.2) is 16.1 Å². The van der Waals surface area contributed by atoms with E-state index in [9.17, 15) is 9.18 Å². The fourth-order valence-corrected chi connectivity index (χ4v) is 2.77. The molecule has 2 aromatic heterocycles. The van der Waals surface area contributed by atoms with Crippen LogP contribution in [-0.2, 0) is 0 Å². The Kier molecular flexibility index (Phi) is 2.79. The minimum atomic E-state index is -0.316. The maximum atomic E-state index is 13.6. The summed E-state index contributed by atoms with van der Waals surface area (Å²) < 4.78 is 14.3. The lowest BCUT2D eigenvalue weighted by Crippen LogP contribution is -2.10. The van der Waals surface area contributed by atoms with Crippen LogP contribution in [0.5, 0.6) is 0 Å². The van der Waals surface area contributed by atoms with Crippen LogP contribution < -0.4 is 5.32 Å². The summed E-state index contributed by atoms with van der Waals surface area (Å²) in [6.07, 6.45) is 0. The smallest absolute Gasteiger partial charge is 0.266 e. The first-order valence-corrected chi connectivity index (χ1v) is 6.46. The molecule has 6 heteroatoms. The zero-order valence-corrected chi connectivity index (χ0v) is 10.8. The molecule has 1 aromatic carbocycles. The van der Waals surface area contributed by atoms with Gasteiger partial charge in [-0.05, 0) is 25.1 Å². The van der Waals surface area contributed by atoms with Gasteiger partial charge in [-0.2, -0.15) is 5.10 Å². The van der Waals surface area contributed by atoms with E-state index in [0.717, 1.165) is 10.4 Å². The first kappa shape index (κ1) is 11.9. The summed E-state index contributed by atoms with van der Waals surface area (Å²) in [5.74, 6) is -0.143. The Morgan fingerprint density at radius 3 is 2.95 bits per heavy atom. The monoisotopic (exact) mass is 275 g/mol. The van der Waals surface area contributed by atoms with Crippen molar-refractivity contribution in [3.63, 3.8) is 0 Å². The third-order valence-electron chi connectivity index (χ3n) is 2.68. The number of carbonyl (C=O) groups excluding carboxylic acids is 1. The fraction of sp³-hybridized carbons (Fsp3) is 0.0769. The number of fused-ring (bicyclic) bond motifs is 1. The largest absolute Gasteiger partial charge is 0.304 e. The highest BCUT2D eigenvalue weighted by molar-refractivity contribution is 7.20. The molecule has 0 fully saturated rings. The average molecular weight is 275 g/mol. The molecule has 2 heterocycles. The fourth-order valence-electron chi connectivity index (χ4n) is 1.80. The Morgan fingerprint density at radius 2 is 2.26 bits per heavy atom. The van der Waals surface area contributed by atoms with Crippen LogP contribution >= 0.6 is 11.3 Å². The molecule has 4 nitrogen and oxygen atoms in total. The predicted molar refractivity (Wildman–Crippen MR) is 73.1 cm³/mol. The van der Waals surface area contributed by atoms with Crippen molar-refractivity contribution >= 4 is 33.1 Å². The van der Waals surface area contributed by atoms with Gasteiger partial charge in [0, 0.05) is 21.8 Å². The third kappa shape index (κ3) is 2.22. The average Bonchev–Trinajstić information content (AvgIpc) is 2.96. The molecule has 0 aliphatic rings. The maximum Gasteiger partial charge on any atom is 0.266 e. The summed E-state index contributed by atoms with van der Waals surface area (Å²) in [5, 5.41) is 9.80. The number of hydrogen-bond donors (Lipinski definition) is 2. The number of carbonyl (C=O) groups is 1. The zero-order chi connectivity index (χ0) is 13.4. The number of aromatic nitrogens is 2. The number of anilines is 1. The van der Waals surface area contributed by atoms with Crippen molar-refractivity contribution in [1.29, 1.82) is 0 Å². The van der Waals surface area contributed by atoms with Crippen LogP contribution in [0.3, 0.4) is 0 Å². The molecule has 0 spiro atoms. The molecule has 0 radical (unpaired) electrons. The second-order valence-electron chi connectivity index (χ2n) is 4.15. The molecule has 3 rings (SSSR count). The van der Waals surface area contributed by atoms with Crippen molar-refractivity contribution in [3.8, 4) is 0 Å². The molecule has 0 aliphatic heterocycles. The van der Waals surface area contributed by atoms with Gasteiger partial charge < -0.3 is 5.32 Å². The summed E-state index contributed by atoms with van der Waals surface area (Å²) in [4.78, 5) is 12.5. The number of H-pyrrole nitrogens is 1. The lowest BCUT2D eigenvalue weighted by atomic mass is 10.2. The number of hydrogen-bond acceptors (Lipinski definition) is 3. The standard InChI is InChI=1S/C13H10FN3OS/c1-7-5-12(17-16-7)15-13(18)11-6-8-9(14)3-2-4-10(8)19-11/h2-6H,1H3,(H2,15,16,17,18). The van der Waals surface area contributed by atoms with Crippen molar-refractivity contribution in [3.05, 3.63) is 46.7 Å². The van der Waals surface area contributed by atoms with E-state index in [0.29, 0.717) is 16.1 Å². The van der Waals surface area contributed by atoms with Gasteiger partial charge in [-0.1, -0.05) is 6.07 Å². The van der Waals surface area contributed by atoms with Crippen LogP contribution in [0, 0.1) is 12.7 Å². The molecule has 3 aromatic rings. The van der Waals surface area contributed by atoms with Gasteiger partial charge in [0.2, 0.25) is 0 Å². The third-order valence-corrected chi connectivity index (χ3v) is 3.78. The van der Waals surface area contributed by atoms with Crippen molar-refractivity contribution in [1.82, 2.24) is 10.2 Å². The van der Waals surface area contributed by atoms with Gasteiger partial charge in [-0.15, -0.1) is 11.3 Å². The van der Waals surface area contributed by atoms with Crippen molar-refractivity contribution < 1.29 is 9.18 Å². The predicted octanol–water partition coefficient (Wildman–Crippen LogP) is 3.32. The van der Waals surface area contributed by atoms with Crippen molar-refractivity contribution in [2.45, 2.75) is 6.92 Å². The number of aryl methyl sites for hydroxylation is 1. The van der Waals surface area contributed by atoms with Gasteiger partial charge in [0.15, 0.2) is 5.82 Å². The second kappa shape index (κ2) is 4.47. The SMILES string of the molecule is Cc1cc(NC(=O)c2cc3c(F)cccc3s2)n[nH]1. The lowest BCUT2D eigenvalue weighted by molar-refractivity contribution is 0.103. The highest BCUT2D eigenvalue weighted by Gasteiger charge is 2.13. The van der Waals surface area contributed by atoms with Crippen molar-refractivity contribution in [2.24, 2.45) is 0 Å². The van der Waals surface area contributed by atoms with Crippen LogP contribution in [0.25, 0.3) is 10.1 Å². The number of halogens is 1. The van der Waals surface area contributed by atoms with Gasteiger partial charge >= 0.3 is 0 Å². The molecule has 96 valence electrons. The number of nitrogens with zero attached hydrogens (tertiary/aromatic N) is 1. The second-order valence-corrected chi connectivity index (χ2v) is 5.24. The molecule has 0 unspecified atom stereocenters. The normalized spacial score (nSPS) is 10.8. The zero-order valence-electron chi connectivity index (χ0n) is 10.0. The molecule has 19 heavy (non-hydrogen) atoms. The molecule has 0 atom stereocenters. The summed E-state index contributed by atoms with van der Waals surface area (Å²) in [7, 11) is 0. The molecule has 2 N–H and O–H groups in total. The first-order chi connectivity index (χ1) is 9.13. The minimum Gasteiger partial charge on any atom is -0.304 e. The highest BCUT2D eigenvalue weighted by Crippen LogP contribution is 2.28. The molecular formula is C13H10FN3OS. The molecular weight excluding hydrogens is 265 g/mol. The Hall–Kier alpha value is -2.21. The van der Waals surface area contributed by atoms with E-state index >= 15 is 0 Å². The van der Waals surface area contributed by atoms with Crippen LogP contribution in [0.4, 0.5) is 10.2 Å². The van der Waals surface area contributed by atoms with E-state index in [-0.39, 0.29) is 11.7 Å². The first-order valence-electron chi connectivity index (χ1n) is 5.65. The summed E-state index contributed by atoms with van der Waals surface area (Å²) >= 11 is 1.26. The van der Waals surface area contributed by atoms with E-state index in [2.05, 4.69) is 15.5 Å². The topological polar surface area (TPSA) is 57.8 Å². The molecule has 0 bridgehead atoms. The lowest BCUT2D eigenvalue weighted by Gasteiger charge is -1.97. The number of nitrogens with one attached hydrogen (secondary N) is 2. The molecule has 0 saturated carbocycles. The van der Waals surface area contributed by atoms with E-state index < -0.39 is 0 Å². The number of aromatic amines is 1. The van der Waals surface area contributed by atoms with Gasteiger partial charge in [0.1, 0.15) is 5.82 Å². The molecule has 0 saturated heterocycles. The van der Waals surface area contributed by atoms with E-state index in [1.54, 1.807) is 24.3 Å². The molecule has 0 aliphatic carbocycles. The van der Waals surface area contributed by atoms with Gasteiger partial charge in [-0.25, -0.2) is 4.39 Å². The maximum absolute atomic E-state index is 13.6. The summed E-state index contributed by atoms with van der Waals surface area (Å²) in [6, 6.07) is 8.09. The summed E-state index contributed by atoms with van der Waals surface area (Å²) in [5.41, 5.74) is 0.859. The minimum absolute atomic E-state index is 0.285. The van der Waals surface area contributed by atoms with E-state index in [1.807, 2.05) is 6.92 Å². The van der Waals surface area contributed by atoms with E-state index in [1.165, 1.54) is 17.4 Å². The number of amides is 1. The molecule has 1 amide bonds. The van der Waals surface area contributed by atoms with Crippen LogP contribution in [0.1, 0.15) is 15.4 Å². The van der Waals surface area contributed by atoms with Gasteiger partial charge in [0.25, 0.3) is 5.91 Å². The number of benzene rings is 1. The Balaban J connectivity index is 1.91. The van der Waals surface area contributed by atoms with Crippen LogP contribution in [0.15, 0.2) is 30.3 Å². The van der Waals surface area contributed by atoms with Gasteiger partial charge in [-0.3, -0.25) is 9.89 Å². The Labute approximate surface area is 112 Å².